The summed E-state index contributed by atoms with van der Waals surface area (Å²) in [6.07, 6.45) is 1.32. The molecular weight excluding hydrogens is 296 g/mol. The van der Waals surface area contributed by atoms with Gasteiger partial charge < -0.3 is 4.74 Å². The third-order valence-electron chi connectivity index (χ3n) is 3.11. The predicted octanol–water partition coefficient (Wildman–Crippen LogP) is 3.39. The van der Waals surface area contributed by atoms with E-state index in [1.54, 1.807) is 36.4 Å². The van der Waals surface area contributed by atoms with E-state index in [1.807, 2.05) is 6.07 Å². The summed E-state index contributed by atoms with van der Waals surface area (Å²) >= 11 is 0. The Kier molecular flexibility index (Phi) is 4.85. The molecule has 0 bridgehead atoms. The number of rotatable bonds is 5. The zero-order valence-electron chi connectivity index (χ0n) is 12.2. The van der Waals surface area contributed by atoms with Crippen molar-refractivity contribution in [2.75, 3.05) is 7.11 Å². The summed E-state index contributed by atoms with van der Waals surface area (Å²) in [5.74, 6) is -0.327. The van der Waals surface area contributed by atoms with Gasteiger partial charge in [-0.15, -0.1) is 0 Å². The van der Waals surface area contributed by atoms with E-state index in [9.17, 15) is 20.2 Å². The SMILES string of the molecule is COc1ccc(/C=C(\C#N)C(=O)c2ccccc2)cc1[N+](=O)[O-]. The first kappa shape index (κ1) is 15.9. The molecule has 114 valence electrons. The number of ether oxygens (including phenoxy) is 1. The Labute approximate surface area is 132 Å². The molecule has 6 nitrogen and oxygen atoms in total. The lowest BCUT2D eigenvalue weighted by Crippen LogP contribution is -2.01. The van der Waals surface area contributed by atoms with Gasteiger partial charge in [-0.2, -0.15) is 5.26 Å². The molecule has 0 atom stereocenters. The minimum Gasteiger partial charge on any atom is -0.490 e. The van der Waals surface area contributed by atoms with E-state index in [4.69, 9.17) is 4.74 Å². The van der Waals surface area contributed by atoms with Crippen LogP contribution in [0.2, 0.25) is 0 Å². The van der Waals surface area contributed by atoms with E-state index in [-0.39, 0.29) is 17.0 Å². The Morgan fingerprint density at radius 2 is 1.96 bits per heavy atom. The molecule has 0 aliphatic rings. The average Bonchev–Trinajstić information content (AvgIpc) is 2.59. The van der Waals surface area contributed by atoms with Crippen LogP contribution in [-0.2, 0) is 0 Å². The maximum atomic E-state index is 12.3. The minimum absolute atomic E-state index is 0.101. The quantitative estimate of drug-likeness (QED) is 0.277. The molecule has 2 aromatic rings. The van der Waals surface area contributed by atoms with Crippen LogP contribution in [0.3, 0.4) is 0 Å². The standard InChI is InChI=1S/C17H12N2O4/c1-23-16-8-7-12(10-15(16)19(21)22)9-14(11-18)17(20)13-5-3-2-4-6-13/h2-10H,1H3/b14-9+. The molecule has 6 heteroatoms. The number of nitro benzene ring substituents is 1. The number of nitro groups is 1. The van der Waals surface area contributed by atoms with Gasteiger partial charge in [0.1, 0.15) is 11.6 Å². The number of benzene rings is 2. The Balaban J connectivity index is 2.43. The maximum Gasteiger partial charge on any atom is 0.311 e. The summed E-state index contributed by atoms with van der Waals surface area (Å²) in [4.78, 5) is 22.7. The van der Waals surface area contributed by atoms with Gasteiger partial charge in [-0.25, -0.2) is 0 Å². The number of methoxy groups -OCH3 is 1. The lowest BCUT2D eigenvalue weighted by Gasteiger charge is -2.03. The number of nitriles is 1. The topological polar surface area (TPSA) is 93.2 Å². The summed E-state index contributed by atoms with van der Waals surface area (Å²) in [6, 6.07) is 14.4. The fraction of sp³-hybridized carbons (Fsp3) is 0.0588. The third-order valence-corrected chi connectivity index (χ3v) is 3.11. The molecule has 23 heavy (non-hydrogen) atoms. The predicted molar refractivity (Wildman–Crippen MR) is 84.0 cm³/mol. The Hall–Kier alpha value is -3.46. The highest BCUT2D eigenvalue weighted by Crippen LogP contribution is 2.28. The van der Waals surface area contributed by atoms with E-state index in [0.29, 0.717) is 11.1 Å². The maximum absolute atomic E-state index is 12.3. The van der Waals surface area contributed by atoms with E-state index < -0.39 is 10.7 Å². The molecule has 0 fully saturated rings. The minimum atomic E-state index is -0.582. The van der Waals surface area contributed by atoms with Crippen molar-refractivity contribution in [2.45, 2.75) is 0 Å². The number of hydrogen-bond donors (Lipinski definition) is 0. The summed E-state index contributed by atoms with van der Waals surface area (Å²) in [5.41, 5.74) is 0.419. The Morgan fingerprint density at radius 1 is 1.26 bits per heavy atom. The second-order valence-electron chi connectivity index (χ2n) is 4.55. The zero-order valence-corrected chi connectivity index (χ0v) is 12.2. The van der Waals surface area contributed by atoms with E-state index in [1.165, 1.54) is 25.3 Å². The smallest absolute Gasteiger partial charge is 0.311 e. The molecule has 0 aliphatic heterocycles. The normalized spacial score (nSPS) is 10.7. The highest BCUT2D eigenvalue weighted by atomic mass is 16.6. The molecule has 0 saturated carbocycles. The Bertz CT molecular complexity index is 820. The highest BCUT2D eigenvalue weighted by molar-refractivity contribution is 6.14. The first-order valence-corrected chi connectivity index (χ1v) is 6.60. The van der Waals surface area contributed by atoms with Crippen molar-refractivity contribution in [1.82, 2.24) is 0 Å². The number of Topliss-reactive ketones (excluding diaryl/α,β-unsaturated/α-hetero) is 1. The summed E-state index contributed by atoms with van der Waals surface area (Å²) in [5, 5.41) is 20.2. The van der Waals surface area contributed by atoms with Crippen LogP contribution in [0, 0.1) is 21.4 Å². The molecule has 0 N–H and O–H groups in total. The number of nitrogens with zero attached hydrogens (tertiary/aromatic N) is 2. The molecule has 2 rings (SSSR count). The number of carbonyl (C=O) groups excluding carboxylic acids is 1. The molecule has 0 saturated heterocycles. The molecular formula is C17H12N2O4. The van der Waals surface area contributed by atoms with Crippen LogP contribution >= 0.6 is 0 Å². The van der Waals surface area contributed by atoms with E-state index in [2.05, 4.69) is 0 Å². The van der Waals surface area contributed by atoms with Gasteiger partial charge in [-0.05, 0) is 17.7 Å². The Morgan fingerprint density at radius 3 is 2.52 bits per heavy atom. The summed E-state index contributed by atoms with van der Waals surface area (Å²) in [6.45, 7) is 0. The fourth-order valence-corrected chi connectivity index (χ4v) is 2.00. The third kappa shape index (κ3) is 3.60. The first-order chi connectivity index (χ1) is 11.1. The monoisotopic (exact) mass is 308 g/mol. The fourth-order valence-electron chi connectivity index (χ4n) is 2.00. The zero-order chi connectivity index (χ0) is 16.8. The van der Waals surface area contributed by atoms with E-state index >= 15 is 0 Å². The van der Waals surface area contributed by atoms with Crippen molar-refractivity contribution in [2.24, 2.45) is 0 Å². The van der Waals surface area contributed by atoms with Gasteiger partial charge in [0, 0.05) is 11.6 Å². The molecule has 0 aliphatic carbocycles. The average molecular weight is 308 g/mol. The van der Waals surface area contributed by atoms with Gasteiger partial charge >= 0.3 is 5.69 Å². The van der Waals surface area contributed by atoms with Gasteiger partial charge in [-0.3, -0.25) is 14.9 Å². The lowest BCUT2D eigenvalue weighted by molar-refractivity contribution is -0.385. The molecule has 0 spiro atoms. The lowest BCUT2D eigenvalue weighted by atomic mass is 10.0. The van der Waals surface area contributed by atoms with Crippen molar-refractivity contribution in [3.8, 4) is 11.8 Å². The highest BCUT2D eigenvalue weighted by Gasteiger charge is 2.16. The molecule has 0 radical (unpaired) electrons. The number of carbonyl (C=O) groups is 1. The summed E-state index contributed by atoms with van der Waals surface area (Å²) < 4.78 is 4.92. The number of hydrogen-bond acceptors (Lipinski definition) is 5. The van der Waals surface area contributed by atoms with Crippen LogP contribution in [0.4, 0.5) is 5.69 Å². The van der Waals surface area contributed by atoms with Crippen molar-refractivity contribution >= 4 is 17.5 Å². The molecule has 0 unspecified atom stereocenters. The van der Waals surface area contributed by atoms with Gasteiger partial charge in [0.05, 0.1) is 12.0 Å². The van der Waals surface area contributed by atoms with Gasteiger partial charge in [0.25, 0.3) is 0 Å². The van der Waals surface area contributed by atoms with Crippen LogP contribution in [0.15, 0.2) is 54.1 Å². The molecule has 0 aromatic heterocycles. The van der Waals surface area contributed by atoms with Crippen molar-refractivity contribution in [3.63, 3.8) is 0 Å². The van der Waals surface area contributed by atoms with Gasteiger partial charge in [0.2, 0.25) is 5.78 Å². The largest absolute Gasteiger partial charge is 0.490 e. The second kappa shape index (κ2) is 7.00. The first-order valence-electron chi connectivity index (χ1n) is 6.60. The van der Waals surface area contributed by atoms with Crippen LogP contribution in [-0.4, -0.2) is 17.8 Å². The van der Waals surface area contributed by atoms with Crippen LogP contribution in [0.25, 0.3) is 6.08 Å². The number of allylic oxidation sites excluding steroid dienone is 1. The number of ketones is 1. The molecule has 0 heterocycles. The van der Waals surface area contributed by atoms with Crippen molar-refractivity contribution in [3.05, 3.63) is 75.3 Å². The molecule has 0 amide bonds. The van der Waals surface area contributed by atoms with Crippen molar-refractivity contribution in [1.29, 1.82) is 5.26 Å². The van der Waals surface area contributed by atoms with E-state index in [0.717, 1.165) is 0 Å². The summed E-state index contributed by atoms with van der Waals surface area (Å²) in [7, 11) is 1.33. The van der Waals surface area contributed by atoms with Gasteiger partial charge in [0.15, 0.2) is 5.75 Å². The van der Waals surface area contributed by atoms with Crippen LogP contribution < -0.4 is 4.74 Å². The molecule has 2 aromatic carbocycles. The van der Waals surface area contributed by atoms with Gasteiger partial charge in [-0.1, -0.05) is 36.4 Å². The van der Waals surface area contributed by atoms with Crippen LogP contribution in [0.1, 0.15) is 15.9 Å². The van der Waals surface area contributed by atoms with Crippen molar-refractivity contribution < 1.29 is 14.5 Å². The second-order valence-corrected chi connectivity index (χ2v) is 4.55. The van der Waals surface area contributed by atoms with Crippen LogP contribution in [0.5, 0.6) is 5.75 Å².